The molecule has 0 unspecified atom stereocenters. The summed E-state index contributed by atoms with van der Waals surface area (Å²) in [4.78, 5) is 19.5. The number of hydrogen-bond acceptors (Lipinski definition) is 4. The van der Waals surface area contributed by atoms with Crippen LogP contribution in [0.15, 0.2) is 71.4 Å². The minimum Gasteiger partial charge on any atom is -0.497 e. The van der Waals surface area contributed by atoms with Crippen LogP contribution in [0.25, 0.3) is 10.8 Å². The van der Waals surface area contributed by atoms with Gasteiger partial charge in [-0.25, -0.2) is 4.99 Å². The van der Waals surface area contributed by atoms with Crippen molar-refractivity contribution in [2.24, 2.45) is 10.9 Å². The monoisotopic (exact) mass is 503 g/mol. The van der Waals surface area contributed by atoms with Crippen LogP contribution in [0.4, 0.5) is 11.4 Å². The number of aliphatic imine (C=N–C) groups is 1. The van der Waals surface area contributed by atoms with Gasteiger partial charge in [-0.1, -0.05) is 35.9 Å². The molecule has 188 valence electrons. The quantitative estimate of drug-likeness (QED) is 0.152. The molecule has 0 aliphatic carbocycles. The second-order valence-corrected chi connectivity index (χ2v) is 9.89. The molecule has 5 nitrogen and oxygen atoms in total. The molecule has 1 heterocycles. The van der Waals surface area contributed by atoms with Gasteiger partial charge in [-0.2, -0.15) is 0 Å². The third-order valence-corrected chi connectivity index (χ3v) is 7.35. The highest BCUT2D eigenvalue weighted by Crippen LogP contribution is 2.34. The number of nitrogens with zero attached hydrogens (tertiary/aromatic N) is 3. The first-order valence-electron chi connectivity index (χ1n) is 12.4. The van der Waals surface area contributed by atoms with Crippen molar-refractivity contribution in [3.05, 3.63) is 77.0 Å². The Bertz CT molecular complexity index is 1290. The summed E-state index contributed by atoms with van der Waals surface area (Å²) in [7, 11) is 3.66. The summed E-state index contributed by atoms with van der Waals surface area (Å²) in [5.41, 5.74) is 4.10. The van der Waals surface area contributed by atoms with Gasteiger partial charge in [-0.05, 0) is 91.8 Å². The van der Waals surface area contributed by atoms with Gasteiger partial charge >= 0.3 is 0 Å². The minimum absolute atomic E-state index is 0.662. The Balaban J connectivity index is 1.38. The molecule has 0 atom stereocenters. The van der Waals surface area contributed by atoms with Gasteiger partial charge in [0.25, 0.3) is 0 Å². The Morgan fingerprint density at radius 2 is 1.83 bits per heavy atom. The van der Waals surface area contributed by atoms with Gasteiger partial charge in [0.1, 0.15) is 17.9 Å². The molecule has 0 saturated carbocycles. The number of piperidine rings is 1. The predicted molar refractivity (Wildman–Crippen MR) is 152 cm³/mol. The van der Waals surface area contributed by atoms with E-state index in [0.717, 1.165) is 66.6 Å². The summed E-state index contributed by atoms with van der Waals surface area (Å²) in [5, 5.41) is 3.22. The number of amidine groups is 1. The maximum absolute atomic E-state index is 10.7. The van der Waals surface area contributed by atoms with Crippen LogP contribution in [0, 0.1) is 5.92 Å². The lowest BCUT2D eigenvalue weighted by molar-refractivity contribution is -0.104. The van der Waals surface area contributed by atoms with Crippen molar-refractivity contribution in [3.63, 3.8) is 0 Å². The lowest BCUT2D eigenvalue weighted by atomic mass is 9.89. The van der Waals surface area contributed by atoms with Crippen molar-refractivity contribution < 1.29 is 9.53 Å². The Labute approximate surface area is 219 Å². The first-order chi connectivity index (χ1) is 17.4. The average Bonchev–Trinajstić information content (AvgIpc) is 2.88. The van der Waals surface area contributed by atoms with Crippen LogP contribution in [-0.4, -0.2) is 39.4 Å². The number of carbonyl (C=O) groups is 1. The number of halogens is 1. The van der Waals surface area contributed by atoms with Gasteiger partial charge < -0.3 is 14.5 Å². The van der Waals surface area contributed by atoms with E-state index in [0.29, 0.717) is 11.6 Å². The molecular formula is C30H34ClN3O2. The molecule has 0 bridgehead atoms. The van der Waals surface area contributed by atoms with E-state index in [1.165, 1.54) is 22.4 Å². The van der Waals surface area contributed by atoms with E-state index in [1.54, 1.807) is 7.11 Å². The lowest BCUT2D eigenvalue weighted by Gasteiger charge is -2.34. The van der Waals surface area contributed by atoms with Crippen LogP contribution in [0.1, 0.15) is 32.3 Å². The third-order valence-electron chi connectivity index (χ3n) is 7.04. The van der Waals surface area contributed by atoms with Crippen molar-refractivity contribution >= 4 is 45.9 Å². The molecule has 0 aromatic heterocycles. The Hall–Kier alpha value is -3.31. The van der Waals surface area contributed by atoms with Gasteiger partial charge in [-0.3, -0.25) is 4.79 Å². The number of anilines is 2. The fraction of sp³-hybridized carbons (Fsp3) is 0.333. The predicted octanol–water partition coefficient (Wildman–Crippen LogP) is 6.92. The van der Waals surface area contributed by atoms with E-state index >= 15 is 0 Å². The average molecular weight is 504 g/mol. The molecule has 3 aromatic carbocycles. The third kappa shape index (κ3) is 6.08. The van der Waals surface area contributed by atoms with Crippen molar-refractivity contribution in [2.75, 3.05) is 37.0 Å². The van der Waals surface area contributed by atoms with Crippen LogP contribution in [0.5, 0.6) is 5.75 Å². The summed E-state index contributed by atoms with van der Waals surface area (Å²) in [6.45, 7) is 5.72. The number of fused-ring (bicyclic) bond motifs is 1. The first kappa shape index (κ1) is 25.8. The van der Waals surface area contributed by atoms with Crippen molar-refractivity contribution in [1.29, 1.82) is 0 Å². The van der Waals surface area contributed by atoms with Crippen LogP contribution < -0.4 is 14.5 Å². The zero-order valence-corrected chi connectivity index (χ0v) is 22.3. The summed E-state index contributed by atoms with van der Waals surface area (Å²) in [5.74, 6) is 2.35. The Kier molecular flexibility index (Phi) is 8.32. The molecule has 1 saturated heterocycles. The molecule has 1 aliphatic rings. The van der Waals surface area contributed by atoms with E-state index in [-0.39, 0.29) is 0 Å². The van der Waals surface area contributed by atoms with Crippen LogP contribution in [-0.2, 0) is 11.2 Å². The number of ether oxygens (including phenoxy) is 1. The van der Waals surface area contributed by atoms with Crippen LogP contribution in [0.2, 0.25) is 5.02 Å². The van der Waals surface area contributed by atoms with Crippen molar-refractivity contribution in [1.82, 2.24) is 0 Å². The van der Waals surface area contributed by atoms with Gasteiger partial charge in [0.05, 0.1) is 17.8 Å². The van der Waals surface area contributed by atoms with E-state index in [2.05, 4.69) is 52.4 Å². The van der Waals surface area contributed by atoms with E-state index in [1.807, 2.05) is 37.9 Å². The minimum atomic E-state index is 0.662. The Morgan fingerprint density at radius 3 is 2.53 bits per heavy atom. The molecule has 6 heteroatoms. The van der Waals surface area contributed by atoms with E-state index in [9.17, 15) is 4.79 Å². The molecule has 1 fully saturated rings. The molecule has 0 spiro atoms. The molecule has 36 heavy (non-hydrogen) atoms. The van der Waals surface area contributed by atoms with Crippen molar-refractivity contribution in [3.8, 4) is 5.75 Å². The maximum atomic E-state index is 10.7. The number of carbonyl (C=O) groups excluding carboxylic acids is 1. The van der Waals surface area contributed by atoms with Gasteiger partial charge in [0.15, 0.2) is 0 Å². The number of hydrogen-bond donors (Lipinski definition) is 0. The molecular weight excluding hydrogens is 470 g/mol. The normalized spacial score (nSPS) is 15.3. The second kappa shape index (κ2) is 11.6. The SMILES string of the molecule is COc1ccc2ccc(CC3CCN(c4ccc(N(C)C(C)=N/C(C)=C\C=O)cc4Cl)CC3)cc2c1. The zero-order valence-electron chi connectivity index (χ0n) is 21.5. The molecule has 1 aliphatic heterocycles. The highest BCUT2D eigenvalue weighted by Gasteiger charge is 2.22. The number of methoxy groups -OCH3 is 1. The van der Waals surface area contributed by atoms with Gasteiger partial charge in [-0.15, -0.1) is 0 Å². The number of aldehydes is 1. The summed E-state index contributed by atoms with van der Waals surface area (Å²) in [6.07, 6.45) is 5.58. The fourth-order valence-corrected chi connectivity index (χ4v) is 5.15. The van der Waals surface area contributed by atoms with Gasteiger partial charge in [0.2, 0.25) is 0 Å². The standard InChI is InChI=1S/C30H34ClN3O2/c1-21(13-16-35)32-22(2)33(3)27-8-10-30(29(31)20-27)34-14-11-23(12-15-34)17-24-5-6-25-7-9-28(36-4)19-26(25)18-24/h5-10,13,16,18-20,23H,11-12,14-15,17H2,1-4H3/b21-13-,32-22?. The second-order valence-electron chi connectivity index (χ2n) is 9.48. The highest BCUT2D eigenvalue weighted by atomic mass is 35.5. The maximum Gasteiger partial charge on any atom is 0.144 e. The highest BCUT2D eigenvalue weighted by molar-refractivity contribution is 6.33. The van der Waals surface area contributed by atoms with Crippen LogP contribution >= 0.6 is 11.6 Å². The zero-order chi connectivity index (χ0) is 25.7. The molecule has 0 N–H and O–H groups in total. The topological polar surface area (TPSA) is 45.1 Å². The Morgan fingerprint density at radius 1 is 1.08 bits per heavy atom. The van der Waals surface area contributed by atoms with Gasteiger partial charge in [0, 0.05) is 31.5 Å². The van der Waals surface area contributed by atoms with E-state index in [4.69, 9.17) is 16.3 Å². The molecule has 0 amide bonds. The lowest BCUT2D eigenvalue weighted by Crippen LogP contribution is -2.34. The smallest absolute Gasteiger partial charge is 0.144 e. The number of rotatable bonds is 7. The molecule has 4 rings (SSSR count). The largest absolute Gasteiger partial charge is 0.497 e. The fourth-order valence-electron chi connectivity index (χ4n) is 4.85. The summed E-state index contributed by atoms with van der Waals surface area (Å²) >= 11 is 6.74. The first-order valence-corrected chi connectivity index (χ1v) is 12.8. The summed E-state index contributed by atoms with van der Waals surface area (Å²) < 4.78 is 5.39. The molecule has 3 aromatic rings. The van der Waals surface area contributed by atoms with Crippen molar-refractivity contribution in [2.45, 2.75) is 33.1 Å². The van der Waals surface area contributed by atoms with E-state index < -0.39 is 0 Å². The van der Waals surface area contributed by atoms with Crippen LogP contribution in [0.3, 0.4) is 0 Å². The molecule has 0 radical (unpaired) electrons. The number of benzene rings is 3. The number of allylic oxidation sites excluding steroid dienone is 2. The summed E-state index contributed by atoms with van der Waals surface area (Å²) in [6, 6.07) is 19.2.